The number of guanidine groups is 1. The van der Waals surface area contributed by atoms with Crippen LogP contribution in [0.1, 0.15) is 57.9 Å². The number of nitrogens with zero attached hydrogens (tertiary/aromatic N) is 3. The van der Waals surface area contributed by atoms with Crippen molar-refractivity contribution in [1.29, 1.82) is 0 Å². The molecule has 0 radical (unpaired) electrons. The van der Waals surface area contributed by atoms with Crippen molar-refractivity contribution in [2.24, 2.45) is 10.9 Å². The van der Waals surface area contributed by atoms with Gasteiger partial charge < -0.3 is 19.9 Å². The third kappa shape index (κ3) is 5.34. The minimum atomic E-state index is 0.261. The molecule has 2 unspecified atom stereocenters. The van der Waals surface area contributed by atoms with E-state index in [0.717, 1.165) is 58.0 Å². The van der Waals surface area contributed by atoms with Crippen LogP contribution in [0.2, 0.25) is 0 Å². The Morgan fingerprint density at radius 2 is 2.13 bits per heavy atom. The number of rotatable bonds is 9. The van der Waals surface area contributed by atoms with E-state index in [0.29, 0.717) is 24.2 Å². The first-order valence-corrected chi connectivity index (χ1v) is 11.5. The van der Waals surface area contributed by atoms with Crippen LogP contribution in [0.3, 0.4) is 0 Å². The molecule has 30 heavy (non-hydrogen) atoms. The predicted octanol–water partition coefficient (Wildman–Crippen LogP) is 3.63. The lowest BCUT2D eigenvalue weighted by atomic mass is 9.98. The Morgan fingerprint density at radius 3 is 2.80 bits per heavy atom. The average molecular weight is 415 g/mol. The Hall–Kier alpha value is -2.08. The summed E-state index contributed by atoms with van der Waals surface area (Å²) in [5.74, 6) is 2.14. The van der Waals surface area contributed by atoms with Crippen LogP contribution in [0.4, 0.5) is 5.69 Å². The van der Waals surface area contributed by atoms with Gasteiger partial charge in [-0.25, -0.2) is 0 Å². The highest BCUT2D eigenvalue weighted by atomic mass is 16.5. The molecule has 1 aromatic carbocycles. The lowest BCUT2D eigenvalue weighted by molar-refractivity contribution is -0.127. The number of benzene rings is 1. The molecule has 1 saturated heterocycles. The van der Waals surface area contributed by atoms with Crippen molar-refractivity contribution in [3.8, 4) is 0 Å². The lowest BCUT2D eigenvalue weighted by Crippen LogP contribution is -2.42. The van der Waals surface area contributed by atoms with E-state index < -0.39 is 0 Å². The first-order valence-electron chi connectivity index (χ1n) is 11.5. The minimum absolute atomic E-state index is 0.261. The predicted molar refractivity (Wildman–Crippen MR) is 123 cm³/mol. The molecule has 2 aliphatic rings. The Labute approximate surface area is 181 Å². The van der Waals surface area contributed by atoms with Gasteiger partial charge in [0.15, 0.2) is 5.96 Å². The van der Waals surface area contributed by atoms with Crippen molar-refractivity contribution < 1.29 is 9.53 Å². The summed E-state index contributed by atoms with van der Waals surface area (Å²) in [5, 5.41) is 3.55. The summed E-state index contributed by atoms with van der Waals surface area (Å²) < 4.78 is 5.88. The molecule has 2 atom stereocenters. The quantitative estimate of drug-likeness (QED) is 0.495. The van der Waals surface area contributed by atoms with Gasteiger partial charge in [-0.1, -0.05) is 32.0 Å². The summed E-state index contributed by atoms with van der Waals surface area (Å²) in [6, 6.07) is 8.61. The summed E-state index contributed by atoms with van der Waals surface area (Å²) in [5.41, 5.74) is 2.59. The normalized spacial score (nSPS) is 20.2. The fourth-order valence-corrected chi connectivity index (χ4v) is 4.64. The van der Waals surface area contributed by atoms with Gasteiger partial charge in [-0.15, -0.1) is 0 Å². The minimum Gasteiger partial charge on any atom is -0.378 e. The zero-order valence-corrected chi connectivity index (χ0v) is 19.1. The van der Waals surface area contributed by atoms with Crippen LogP contribution in [-0.2, 0) is 9.53 Å². The highest BCUT2D eigenvalue weighted by Crippen LogP contribution is 2.38. The van der Waals surface area contributed by atoms with E-state index in [-0.39, 0.29) is 6.10 Å². The van der Waals surface area contributed by atoms with Gasteiger partial charge in [0.2, 0.25) is 5.91 Å². The Kier molecular flexibility index (Phi) is 8.14. The Balaban J connectivity index is 1.62. The number of fused-ring (bicyclic) bond motifs is 1. The van der Waals surface area contributed by atoms with Crippen LogP contribution in [0.5, 0.6) is 0 Å². The van der Waals surface area contributed by atoms with Crippen molar-refractivity contribution in [2.75, 3.05) is 44.7 Å². The molecule has 3 rings (SSSR count). The molecule has 0 bridgehead atoms. The van der Waals surface area contributed by atoms with Gasteiger partial charge in [-0.3, -0.25) is 9.79 Å². The Morgan fingerprint density at radius 1 is 1.33 bits per heavy atom. The standard InChI is InChI=1S/C24H38N4O2/c1-5-30-22(18(2)3)12-14-26-24(25-4)28-17-19(20-9-6-7-10-21(20)28)13-16-27-15-8-11-23(27)29/h6-7,9-10,18-19,22H,5,8,11-17H2,1-4H3,(H,25,26). The molecular weight excluding hydrogens is 376 g/mol. The second-order valence-electron chi connectivity index (χ2n) is 8.64. The van der Waals surface area contributed by atoms with E-state index in [1.807, 2.05) is 11.9 Å². The molecule has 1 fully saturated rings. The maximum atomic E-state index is 12.0. The molecular formula is C24H38N4O2. The number of anilines is 1. The van der Waals surface area contributed by atoms with Gasteiger partial charge in [0.25, 0.3) is 0 Å². The van der Waals surface area contributed by atoms with Gasteiger partial charge >= 0.3 is 0 Å². The number of amides is 1. The number of aliphatic imine (C=N–C) groups is 1. The SMILES string of the molecule is CCOC(CCNC(=NC)N1CC(CCN2CCCC2=O)c2ccccc21)C(C)C. The van der Waals surface area contributed by atoms with Crippen LogP contribution in [0.25, 0.3) is 0 Å². The number of carbonyl (C=O) groups is 1. The number of ether oxygens (including phenoxy) is 1. The summed E-state index contributed by atoms with van der Waals surface area (Å²) >= 11 is 0. The largest absolute Gasteiger partial charge is 0.378 e. The zero-order valence-electron chi connectivity index (χ0n) is 19.1. The first-order chi connectivity index (χ1) is 14.5. The van der Waals surface area contributed by atoms with Crippen molar-refractivity contribution >= 4 is 17.6 Å². The molecule has 6 nitrogen and oxygen atoms in total. The molecule has 0 spiro atoms. The molecule has 1 amide bonds. The summed E-state index contributed by atoms with van der Waals surface area (Å²) in [6.07, 6.45) is 3.93. The first kappa shape index (κ1) is 22.6. The van der Waals surface area contributed by atoms with E-state index in [4.69, 9.17) is 4.74 Å². The maximum Gasteiger partial charge on any atom is 0.222 e. The second-order valence-corrected chi connectivity index (χ2v) is 8.64. The smallest absolute Gasteiger partial charge is 0.222 e. The van der Waals surface area contributed by atoms with E-state index in [1.54, 1.807) is 0 Å². The lowest BCUT2D eigenvalue weighted by Gasteiger charge is -2.25. The van der Waals surface area contributed by atoms with Gasteiger partial charge in [0, 0.05) is 57.9 Å². The third-order valence-corrected chi connectivity index (χ3v) is 6.29. The zero-order chi connectivity index (χ0) is 21.5. The molecule has 2 aliphatic heterocycles. The average Bonchev–Trinajstić information content (AvgIpc) is 3.32. The number of carbonyl (C=O) groups excluding carboxylic acids is 1. The number of para-hydroxylation sites is 1. The molecule has 1 aromatic rings. The van der Waals surface area contributed by atoms with Crippen molar-refractivity contribution in [2.45, 2.75) is 58.5 Å². The van der Waals surface area contributed by atoms with E-state index >= 15 is 0 Å². The molecule has 166 valence electrons. The van der Waals surface area contributed by atoms with Gasteiger partial charge in [0.1, 0.15) is 0 Å². The van der Waals surface area contributed by atoms with Crippen LogP contribution in [0.15, 0.2) is 29.3 Å². The van der Waals surface area contributed by atoms with Crippen molar-refractivity contribution in [3.63, 3.8) is 0 Å². The maximum absolute atomic E-state index is 12.0. The van der Waals surface area contributed by atoms with Gasteiger partial charge in [-0.05, 0) is 43.7 Å². The topological polar surface area (TPSA) is 57.2 Å². The van der Waals surface area contributed by atoms with Crippen LogP contribution in [0, 0.1) is 5.92 Å². The molecule has 0 aromatic heterocycles. The van der Waals surface area contributed by atoms with E-state index in [9.17, 15) is 4.79 Å². The summed E-state index contributed by atoms with van der Waals surface area (Å²) in [4.78, 5) is 20.9. The summed E-state index contributed by atoms with van der Waals surface area (Å²) in [6.45, 7) is 10.7. The number of hydrogen-bond acceptors (Lipinski definition) is 3. The van der Waals surface area contributed by atoms with Gasteiger partial charge in [0.05, 0.1) is 6.10 Å². The molecule has 6 heteroatoms. The molecule has 1 N–H and O–H groups in total. The number of nitrogens with one attached hydrogen (secondary N) is 1. The molecule has 2 heterocycles. The van der Waals surface area contributed by atoms with Crippen LogP contribution >= 0.6 is 0 Å². The highest BCUT2D eigenvalue weighted by molar-refractivity contribution is 5.98. The molecule has 0 saturated carbocycles. The summed E-state index contributed by atoms with van der Waals surface area (Å²) in [7, 11) is 1.85. The molecule has 0 aliphatic carbocycles. The van der Waals surface area contributed by atoms with E-state index in [2.05, 4.69) is 60.2 Å². The van der Waals surface area contributed by atoms with Crippen molar-refractivity contribution in [1.82, 2.24) is 10.2 Å². The third-order valence-electron chi connectivity index (χ3n) is 6.29. The second kappa shape index (κ2) is 10.8. The van der Waals surface area contributed by atoms with Crippen LogP contribution < -0.4 is 10.2 Å². The van der Waals surface area contributed by atoms with E-state index in [1.165, 1.54) is 11.3 Å². The highest BCUT2D eigenvalue weighted by Gasteiger charge is 2.32. The van der Waals surface area contributed by atoms with Crippen molar-refractivity contribution in [3.05, 3.63) is 29.8 Å². The van der Waals surface area contributed by atoms with Gasteiger partial charge in [-0.2, -0.15) is 0 Å². The monoisotopic (exact) mass is 414 g/mol. The number of hydrogen-bond donors (Lipinski definition) is 1. The van der Waals surface area contributed by atoms with Crippen LogP contribution in [-0.4, -0.2) is 62.7 Å². The fraction of sp³-hybridized carbons (Fsp3) is 0.667. The fourth-order valence-electron chi connectivity index (χ4n) is 4.64. The number of likely N-dealkylation sites (tertiary alicyclic amines) is 1. The Bertz CT molecular complexity index is 734.